The van der Waals surface area contributed by atoms with Gasteiger partial charge in [-0.3, -0.25) is 0 Å². The van der Waals surface area contributed by atoms with Gasteiger partial charge in [-0.1, -0.05) is 72.3 Å². The van der Waals surface area contributed by atoms with Gasteiger partial charge < -0.3 is 15.0 Å². The lowest BCUT2D eigenvalue weighted by Gasteiger charge is -2.10. The van der Waals surface area contributed by atoms with Gasteiger partial charge in [-0.15, -0.1) is 0 Å². The van der Waals surface area contributed by atoms with Crippen molar-refractivity contribution >= 4 is 28.5 Å². The maximum absolute atomic E-state index is 12.2. The minimum Gasteiger partial charge on any atom is -0.477 e. The molecule has 0 spiro atoms. The van der Waals surface area contributed by atoms with Gasteiger partial charge in [0.2, 0.25) is 0 Å². The number of para-hydroxylation sites is 1. The van der Waals surface area contributed by atoms with Crippen molar-refractivity contribution in [3.8, 4) is 0 Å². The molecule has 4 aromatic rings. The molecule has 3 aromatic carbocycles. The van der Waals surface area contributed by atoms with Crippen LogP contribution < -0.4 is 5.32 Å². The second kappa shape index (κ2) is 8.52. The Morgan fingerprint density at radius 1 is 0.897 bits per heavy atom. The third kappa shape index (κ3) is 4.19. The normalized spacial score (nSPS) is 11.1. The van der Waals surface area contributed by atoms with E-state index in [2.05, 4.69) is 5.32 Å². The molecular formula is C24H21ClN2O2. The Labute approximate surface area is 174 Å². The number of nitrogens with zero attached hydrogens (tertiary/aromatic N) is 1. The molecule has 0 aliphatic heterocycles. The molecule has 0 amide bonds. The predicted molar refractivity (Wildman–Crippen MR) is 116 cm³/mol. The standard InChI is InChI=1S/C24H21ClN2O2/c25-19-10-6-9-18(13-19)14-26-15-21-20-11-4-5-12-22(20)27(23(21)24(28)29)16-17-7-2-1-3-8-17/h1-13,26H,14-16H2,(H,28,29). The molecule has 4 nitrogen and oxygen atoms in total. The highest BCUT2D eigenvalue weighted by Crippen LogP contribution is 2.27. The fourth-order valence-corrected chi connectivity index (χ4v) is 3.92. The molecule has 0 radical (unpaired) electrons. The lowest BCUT2D eigenvalue weighted by molar-refractivity contribution is 0.0685. The zero-order valence-electron chi connectivity index (χ0n) is 15.8. The molecule has 4 rings (SSSR count). The van der Waals surface area contributed by atoms with Crippen LogP contribution in [0.3, 0.4) is 0 Å². The first-order valence-corrected chi connectivity index (χ1v) is 9.84. The summed E-state index contributed by atoms with van der Waals surface area (Å²) in [7, 11) is 0. The van der Waals surface area contributed by atoms with Crippen LogP contribution in [0.4, 0.5) is 0 Å². The van der Waals surface area contributed by atoms with E-state index < -0.39 is 5.97 Å². The Bertz CT molecular complexity index is 1150. The van der Waals surface area contributed by atoms with Crippen molar-refractivity contribution in [1.82, 2.24) is 9.88 Å². The molecule has 29 heavy (non-hydrogen) atoms. The lowest BCUT2D eigenvalue weighted by atomic mass is 10.1. The van der Waals surface area contributed by atoms with Gasteiger partial charge in [0.25, 0.3) is 0 Å². The van der Waals surface area contributed by atoms with E-state index in [4.69, 9.17) is 11.6 Å². The molecule has 0 atom stereocenters. The average Bonchev–Trinajstić information content (AvgIpc) is 3.03. The van der Waals surface area contributed by atoms with Crippen molar-refractivity contribution in [2.75, 3.05) is 0 Å². The van der Waals surface area contributed by atoms with Gasteiger partial charge in [-0.25, -0.2) is 4.79 Å². The summed E-state index contributed by atoms with van der Waals surface area (Å²) in [5.74, 6) is -0.920. The van der Waals surface area contributed by atoms with Crippen LogP contribution in [-0.4, -0.2) is 15.6 Å². The number of rotatable bonds is 7. The summed E-state index contributed by atoms with van der Waals surface area (Å²) in [4.78, 5) is 12.2. The smallest absolute Gasteiger partial charge is 0.352 e. The number of aromatic nitrogens is 1. The highest BCUT2D eigenvalue weighted by Gasteiger charge is 2.22. The molecule has 0 bridgehead atoms. The second-order valence-corrected chi connectivity index (χ2v) is 7.39. The molecule has 0 aliphatic carbocycles. The van der Waals surface area contributed by atoms with Crippen LogP contribution in [0, 0.1) is 0 Å². The molecule has 1 aromatic heterocycles. The Morgan fingerprint density at radius 2 is 1.62 bits per heavy atom. The number of benzene rings is 3. The minimum atomic E-state index is -0.920. The van der Waals surface area contributed by atoms with Crippen LogP contribution in [0.15, 0.2) is 78.9 Å². The first-order valence-electron chi connectivity index (χ1n) is 9.46. The van der Waals surface area contributed by atoms with E-state index in [1.807, 2.05) is 83.4 Å². The number of aromatic carboxylic acids is 1. The largest absolute Gasteiger partial charge is 0.477 e. The van der Waals surface area contributed by atoms with Crippen molar-refractivity contribution in [3.63, 3.8) is 0 Å². The summed E-state index contributed by atoms with van der Waals surface area (Å²) in [6, 6.07) is 25.4. The lowest BCUT2D eigenvalue weighted by Crippen LogP contribution is -2.17. The van der Waals surface area contributed by atoms with Gasteiger partial charge in [0.15, 0.2) is 0 Å². The molecule has 5 heteroatoms. The summed E-state index contributed by atoms with van der Waals surface area (Å²) in [5, 5.41) is 15.0. The maximum Gasteiger partial charge on any atom is 0.352 e. The van der Waals surface area contributed by atoms with Gasteiger partial charge in [0.05, 0.1) is 0 Å². The highest BCUT2D eigenvalue weighted by molar-refractivity contribution is 6.30. The Balaban J connectivity index is 1.69. The monoisotopic (exact) mass is 404 g/mol. The third-order valence-corrected chi connectivity index (χ3v) is 5.22. The predicted octanol–water partition coefficient (Wildman–Crippen LogP) is 5.33. The highest BCUT2D eigenvalue weighted by atomic mass is 35.5. The van der Waals surface area contributed by atoms with E-state index in [0.717, 1.165) is 27.6 Å². The van der Waals surface area contributed by atoms with Crippen molar-refractivity contribution in [1.29, 1.82) is 0 Å². The molecule has 0 aliphatic rings. The van der Waals surface area contributed by atoms with Crippen molar-refractivity contribution in [2.24, 2.45) is 0 Å². The number of carboxylic acid groups (broad SMARTS) is 1. The van der Waals surface area contributed by atoms with Crippen LogP contribution in [-0.2, 0) is 19.6 Å². The van der Waals surface area contributed by atoms with Crippen molar-refractivity contribution in [2.45, 2.75) is 19.6 Å². The van der Waals surface area contributed by atoms with Crippen LogP contribution in [0.25, 0.3) is 10.9 Å². The van der Waals surface area contributed by atoms with E-state index >= 15 is 0 Å². The Kier molecular flexibility index (Phi) is 5.65. The number of hydrogen-bond acceptors (Lipinski definition) is 2. The average molecular weight is 405 g/mol. The quantitative estimate of drug-likeness (QED) is 0.437. The Morgan fingerprint density at radius 3 is 2.38 bits per heavy atom. The van der Waals surface area contributed by atoms with Crippen LogP contribution >= 0.6 is 11.6 Å². The molecular weight excluding hydrogens is 384 g/mol. The maximum atomic E-state index is 12.2. The molecule has 1 heterocycles. The zero-order chi connectivity index (χ0) is 20.2. The van der Waals surface area contributed by atoms with Gasteiger partial charge >= 0.3 is 5.97 Å². The number of halogens is 1. The molecule has 0 saturated heterocycles. The molecule has 2 N–H and O–H groups in total. The van der Waals surface area contributed by atoms with E-state index in [1.165, 1.54) is 0 Å². The Hall–Kier alpha value is -3.08. The molecule has 0 fully saturated rings. The van der Waals surface area contributed by atoms with Gasteiger partial charge in [0, 0.05) is 41.1 Å². The van der Waals surface area contributed by atoms with Crippen LogP contribution in [0.1, 0.15) is 27.2 Å². The summed E-state index contributed by atoms with van der Waals surface area (Å²) >= 11 is 6.06. The summed E-state index contributed by atoms with van der Waals surface area (Å²) in [5.41, 5.74) is 4.17. The van der Waals surface area contributed by atoms with Crippen LogP contribution in [0.5, 0.6) is 0 Å². The minimum absolute atomic E-state index is 0.327. The first kappa shape index (κ1) is 19.2. The summed E-state index contributed by atoms with van der Waals surface area (Å²) in [6.45, 7) is 1.57. The molecule has 0 saturated carbocycles. The van der Waals surface area contributed by atoms with Crippen molar-refractivity contribution in [3.05, 3.63) is 106 Å². The number of nitrogens with one attached hydrogen (secondary N) is 1. The molecule has 0 unspecified atom stereocenters. The number of fused-ring (bicyclic) bond motifs is 1. The topological polar surface area (TPSA) is 54.3 Å². The van der Waals surface area contributed by atoms with Gasteiger partial charge in [-0.05, 0) is 29.3 Å². The van der Waals surface area contributed by atoms with E-state index in [0.29, 0.717) is 30.4 Å². The first-order chi connectivity index (χ1) is 14.1. The number of carboxylic acids is 1. The van der Waals surface area contributed by atoms with E-state index in [9.17, 15) is 9.90 Å². The summed E-state index contributed by atoms with van der Waals surface area (Å²) in [6.07, 6.45) is 0. The van der Waals surface area contributed by atoms with Gasteiger partial charge in [-0.2, -0.15) is 0 Å². The number of carbonyl (C=O) groups is 1. The fraction of sp³-hybridized carbons (Fsp3) is 0.125. The SMILES string of the molecule is O=C(O)c1c(CNCc2cccc(Cl)c2)c2ccccc2n1Cc1ccccc1. The second-order valence-electron chi connectivity index (χ2n) is 6.95. The van der Waals surface area contributed by atoms with Crippen molar-refractivity contribution < 1.29 is 9.90 Å². The van der Waals surface area contributed by atoms with E-state index in [-0.39, 0.29) is 0 Å². The fourth-order valence-electron chi connectivity index (χ4n) is 3.71. The van der Waals surface area contributed by atoms with E-state index in [1.54, 1.807) is 0 Å². The summed E-state index contributed by atoms with van der Waals surface area (Å²) < 4.78 is 1.89. The molecule has 146 valence electrons. The van der Waals surface area contributed by atoms with Gasteiger partial charge in [0.1, 0.15) is 5.69 Å². The number of hydrogen-bond donors (Lipinski definition) is 2. The van der Waals surface area contributed by atoms with Crippen LogP contribution in [0.2, 0.25) is 5.02 Å². The zero-order valence-corrected chi connectivity index (χ0v) is 16.6. The third-order valence-electron chi connectivity index (χ3n) is 4.98.